The Labute approximate surface area is 195 Å². The van der Waals surface area contributed by atoms with Gasteiger partial charge in [0.25, 0.3) is 0 Å². The third kappa shape index (κ3) is 4.04. The Morgan fingerprint density at radius 3 is 2.36 bits per heavy atom. The van der Waals surface area contributed by atoms with Gasteiger partial charge in [-0.05, 0) is 59.1 Å². The number of aliphatic hydroxyl groups excluding tert-OH is 1. The number of piperidine rings is 1. The number of nitrogens with zero attached hydrogens (tertiary/aromatic N) is 2. The number of hydrogen-bond donors (Lipinski definition) is 1. The summed E-state index contributed by atoms with van der Waals surface area (Å²) in [5, 5.41) is 11.6. The second-order valence-electron chi connectivity index (χ2n) is 10.5. The number of aromatic nitrogens is 1. The van der Waals surface area contributed by atoms with Gasteiger partial charge in [-0.1, -0.05) is 6.07 Å². The number of pyridine rings is 1. The summed E-state index contributed by atoms with van der Waals surface area (Å²) in [5.74, 6) is -2.93. The molecule has 1 saturated carbocycles. The highest BCUT2D eigenvalue weighted by atomic mass is 16.8. The minimum Gasteiger partial charge on any atom is -0.444 e. The third-order valence-electron chi connectivity index (χ3n) is 7.32. The number of hydrogen-bond acceptors (Lipinski definition) is 8. The van der Waals surface area contributed by atoms with E-state index in [1.165, 1.54) is 14.2 Å². The van der Waals surface area contributed by atoms with Gasteiger partial charge in [0.15, 0.2) is 0 Å². The molecule has 0 aromatic carbocycles. The highest BCUT2D eigenvalue weighted by molar-refractivity contribution is 5.70. The van der Waals surface area contributed by atoms with E-state index in [9.17, 15) is 9.90 Å². The van der Waals surface area contributed by atoms with Crippen LogP contribution in [-0.4, -0.2) is 76.8 Å². The molecule has 0 unspecified atom stereocenters. The summed E-state index contributed by atoms with van der Waals surface area (Å²) in [6.07, 6.45) is 2.29. The molecule has 0 bridgehead atoms. The maximum Gasteiger partial charge on any atom is 0.410 e. The first-order chi connectivity index (χ1) is 15.4. The first-order valence-corrected chi connectivity index (χ1v) is 11.4. The van der Waals surface area contributed by atoms with E-state index in [0.717, 1.165) is 12.8 Å². The minimum absolute atomic E-state index is 0.259. The molecule has 3 heterocycles. The van der Waals surface area contributed by atoms with Gasteiger partial charge in [0.2, 0.25) is 11.6 Å². The number of carbonyl (C=O) groups excluding carboxylic acids is 1. The number of aliphatic hydroxyl groups is 1. The Morgan fingerprint density at radius 1 is 1.21 bits per heavy atom. The van der Waals surface area contributed by atoms with E-state index in [-0.39, 0.29) is 6.54 Å². The Bertz CT molecular complexity index is 871. The van der Waals surface area contributed by atoms with E-state index in [4.69, 9.17) is 23.7 Å². The molecule has 184 valence electrons. The summed E-state index contributed by atoms with van der Waals surface area (Å²) in [4.78, 5) is 19.2. The van der Waals surface area contributed by atoms with Crippen molar-refractivity contribution in [2.75, 3.05) is 20.8 Å². The van der Waals surface area contributed by atoms with Crippen LogP contribution in [0.4, 0.5) is 4.79 Å². The number of amides is 1. The van der Waals surface area contributed by atoms with Crippen LogP contribution in [0.25, 0.3) is 0 Å². The quantitative estimate of drug-likeness (QED) is 0.726. The molecular weight excluding hydrogens is 428 g/mol. The van der Waals surface area contributed by atoms with E-state index < -0.39 is 53.0 Å². The average Bonchev–Trinajstić information content (AvgIpc) is 3.54. The van der Waals surface area contributed by atoms with Crippen molar-refractivity contribution in [2.45, 2.75) is 88.5 Å². The molecule has 4 rings (SSSR count). The van der Waals surface area contributed by atoms with Gasteiger partial charge >= 0.3 is 6.09 Å². The van der Waals surface area contributed by atoms with E-state index in [1.54, 1.807) is 37.2 Å². The third-order valence-corrected chi connectivity index (χ3v) is 7.32. The molecule has 1 amide bonds. The lowest BCUT2D eigenvalue weighted by Gasteiger charge is -2.59. The van der Waals surface area contributed by atoms with Crippen molar-refractivity contribution in [3.63, 3.8) is 0 Å². The lowest BCUT2D eigenvalue weighted by molar-refractivity contribution is -0.460. The number of carbonyl (C=O) groups is 1. The van der Waals surface area contributed by atoms with Crippen molar-refractivity contribution < 1.29 is 33.6 Å². The first kappa shape index (κ1) is 24.3. The van der Waals surface area contributed by atoms with Crippen LogP contribution in [0.15, 0.2) is 24.5 Å². The Kier molecular flexibility index (Phi) is 6.02. The van der Waals surface area contributed by atoms with Crippen molar-refractivity contribution in [1.82, 2.24) is 9.88 Å². The summed E-state index contributed by atoms with van der Waals surface area (Å²) in [6.45, 7) is 9.29. The fraction of sp³-hybridized carbons (Fsp3) is 0.750. The monoisotopic (exact) mass is 464 g/mol. The van der Waals surface area contributed by atoms with Crippen molar-refractivity contribution >= 4 is 6.09 Å². The van der Waals surface area contributed by atoms with Crippen LogP contribution in [0.3, 0.4) is 0 Å². The van der Waals surface area contributed by atoms with E-state index in [2.05, 4.69) is 4.98 Å². The van der Waals surface area contributed by atoms with Crippen LogP contribution in [-0.2, 0) is 23.7 Å². The summed E-state index contributed by atoms with van der Waals surface area (Å²) in [5.41, 5.74) is -0.611. The second kappa shape index (κ2) is 8.16. The summed E-state index contributed by atoms with van der Waals surface area (Å²) >= 11 is 0. The summed E-state index contributed by atoms with van der Waals surface area (Å²) in [7, 11) is 3.07. The number of ether oxygens (including phenoxy) is 5. The number of likely N-dealkylation sites (tertiary alicyclic amines) is 1. The molecule has 1 aromatic heterocycles. The molecule has 2 aliphatic heterocycles. The Morgan fingerprint density at radius 2 is 1.85 bits per heavy atom. The SMILES string of the molecule is CO[C@@]1(C)O[C@@H]2[C@@H]([C@@H](O)c3cccnc3)C3(CC3)N(C(=O)OC(C)(C)C)C[C@H]2O[C@]1(C)OC. The molecule has 2 saturated heterocycles. The van der Waals surface area contributed by atoms with Gasteiger partial charge in [0.05, 0.1) is 24.3 Å². The molecule has 1 spiro atoms. The molecule has 6 atom stereocenters. The lowest BCUT2D eigenvalue weighted by atomic mass is 9.76. The molecule has 9 heteroatoms. The van der Waals surface area contributed by atoms with E-state index >= 15 is 0 Å². The Hall–Kier alpha value is -1.78. The van der Waals surface area contributed by atoms with Crippen LogP contribution in [0.2, 0.25) is 0 Å². The zero-order valence-corrected chi connectivity index (χ0v) is 20.5. The minimum atomic E-state index is -1.22. The highest BCUT2D eigenvalue weighted by Crippen LogP contribution is 2.59. The van der Waals surface area contributed by atoms with Gasteiger partial charge in [-0.15, -0.1) is 0 Å². The number of rotatable bonds is 4. The van der Waals surface area contributed by atoms with Gasteiger partial charge in [-0.3, -0.25) is 9.88 Å². The summed E-state index contributed by atoms with van der Waals surface area (Å²) < 4.78 is 30.1. The first-order valence-electron chi connectivity index (χ1n) is 11.4. The zero-order valence-electron chi connectivity index (χ0n) is 20.5. The van der Waals surface area contributed by atoms with Crippen LogP contribution in [0, 0.1) is 5.92 Å². The molecule has 1 aliphatic carbocycles. The van der Waals surface area contributed by atoms with Crippen molar-refractivity contribution in [3.05, 3.63) is 30.1 Å². The maximum atomic E-state index is 13.3. The number of fused-ring (bicyclic) bond motifs is 1. The van der Waals surface area contributed by atoms with Crippen LogP contribution in [0.5, 0.6) is 0 Å². The molecular formula is C24H36N2O7. The smallest absolute Gasteiger partial charge is 0.410 e. The average molecular weight is 465 g/mol. The van der Waals surface area contributed by atoms with E-state index in [1.807, 2.05) is 26.8 Å². The molecule has 33 heavy (non-hydrogen) atoms. The lowest BCUT2D eigenvalue weighted by Crippen LogP contribution is -2.73. The van der Waals surface area contributed by atoms with Gasteiger partial charge in [0.1, 0.15) is 11.7 Å². The van der Waals surface area contributed by atoms with Gasteiger partial charge in [-0.2, -0.15) is 0 Å². The van der Waals surface area contributed by atoms with Gasteiger partial charge in [0, 0.05) is 32.5 Å². The molecule has 0 radical (unpaired) electrons. The zero-order chi connectivity index (χ0) is 24.2. The predicted molar refractivity (Wildman–Crippen MR) is 118 cm³/mol. The standard InChI is InChI=1S/C24H36N2O7/c1-21(2,3)33-20(28)26-14-16-19(32-23(5,30-7)22(4,29-6)31-16)17(24(26)10-11-24)18(27)15-9-8-12-25-13-15/h8-9,12-13,16-19,27H,10-11,14H2,1-7H3/t16-,17-,18+,19+,22+,23+/m1/s1. The topological polar surface area (TPSA) is 99.6 Å². The fourth-order valence-electron chi connectivity index (χ4n) is 5.20. The van der Waals surface area contributed by atoms with Crippen LogP contribution >= 0.6 is 0 Å². The largest absolute Gasteiger partial charge is 0.444 e. The molecule has 3 fully saturated rings. The number of methoxy groups -OCH3 is 2. The molecule has 3 aliphatic rings. The summed E-state index contributed by atoms with van der Waals surface area (Å²) in [6, 6.07) is 3.61. The Balaban J connectivity index is 1.76. The fourth-order valence-corrected chi connectivity index (χ4v) is 5.20. The normalized spacial score (nSPS) is 36.2. The van der Waals surface area contributed by atoms with Crippen molar-refractivity contribution in [3.8, 4) is 0 Å². The van der Waals surface area contributed by atoms with Crippen molar-refractivity contribution in [1.29, 1.82) is 0 Å². The molecule has 9 nitrogen and oxygen atoms in total. The molecule has 1 N–H and O–H groups in total. The van der Waals surface area contributed by atoms with Crippen LogP contribution < -0.4 is 0 Å². The van der Waals surface area contributed by atoms with Crippen LogP contribution in [0.1, 0.15) is 59.1 Å². The van der Waals surface area contributed by atoms with Gasteiger partial charge < -0.3 is 28.8 Å². The molecule has 1 aromatic rings. The predicted octanol–water partition coefficient (Wildman–Crippen LogP) is 3.02. The maximum absolute atomic E-state index is 13.3. The van der Waals surface area contributed by atoms with Gasteiger partial charge in [-0.25, -0.2) is 4.79 Å². The second-order valence-corrected chi connectivity index (χ2v) is 10.5. The highest BCUT2D eigenvalue weighted by Gasteiger charge is 2.70. The van der Waals surface area contributed by atoms with Crippen molar-refractivity contribution in [2.24, 2.45) is 5.92 Å². The van der Waals surface area contributed by atoms with E-state index in [0.29, 0.717) is 5.56 Å².